The minimum absolute atomic E-state index is 0.00787. The second-order valence-electron chi connectivity index (χ2n) is 5.53. The number of hydrogen-bond acceptors (Lipinski definition) is 3. The summed E-state index contributed by atoms with van der Waals surface area (Å²) in [6, 6.07) is 5.51. The molecular formula is C14H17N3O2. The zero-order valence-corrected chi connectivity index (χ0v) is 11.3. The largest absolute Gasteiger partial charge is 0.356 e. The summed E-state index contributed by atoms with van der Waals surface area (Å²) in [6.45, 7) is 6.50. The van der Waals surface area contributed by atoms with Gasteiger partial charge in [-0.2, -0.15) is 0 Å². The van der Waals surface area contributed by atoms with Crippen LogP contribution in [0.4, 0.5) is 0 Å². The van der Waals surface area contributed by atoms with Crippen molar-refractivity contribution in [2.45, 2.75) is 32.5 Å². The molecule has 1 N–H and O–H groups in total. The normalized spacial score (nSPS) is 22.1. The third-order valence-corrected chi connectivity index (χ3v) is 3.58. The van der Waals surface area contributed by atoms with Crippen LogP contribution in [0.25, 0.3) is 11.0 Å². The van der Waals surface area contributed by atoms with E-state index in [2.05, 4.69) is 9.97 Å². The standard InChI is InChI=1S/C14H17N3O2/c1-9-17(14(2,3)7-19-9)13(18)10-4-5-11-12(6-10)16-8-15-11/h4-6,8-9H,7H2,1-3H3,(H,15,16). The number of aromatic amines is 1. The molecule has 1 atom stereocenters. The van der Waals surface area contributed by atoms with Crippen molar-refractivity contribution in [3.8, 4) is 0 Å². The average Bonchev–Trinajstić information content (AvgIpc) is 2.92. The highest BCUT2D eigenvalue weighted by Gasteiger charge is 2.41. The van der Waals surface area contributed by atoms with Crippen molar-refractivity contribution in [2.24, 2.45) is 0 Å². The second kappa shape index (κ2) is 4.06. The number of carbonyl (C=O) groups is 1. The van der Waals surface area contributed by atoms with Crippen molar-refractivity contribution in [1.82, 2.24) is 14.9 Å². The van der Waals surface area contributed by atoms with E-state index in [1.165, 1.54) is 0 Å². The lowest BCUT2D eigenvalue weighted by molar-refractivity contribution is 0.0307. The van der Waals surface area contributed by atoms with Gasteiger partial charge in [-0.25, -0.2) is 4.98 Å². The molecule has 1 unspecified atom stereocenters. The van der Waals surface area contributed by atoms with Crippen LogP contribution in [-0.2, 0) is 4.74 Å². The SMILES string of the molecule is CC1OCC(C)(C)N1C(=O)c1ccc2nc[nH]c2c1. The van der Waals surface area contributed by atoms with Gasteiger partial charge in [0.15, 0.2) is 0 Å². The van der Waals surface area contributed by atoms with Gasteiger partial charge in [-0.15, -0.1) is 0 Å². The first kappa shape index (κ1) is 12.2. The maximum Gasteiger partial charge on any atom is 0.256 e. The van der Waals surface area contributed by atoms with Crippen molar-refractivity contribution in [1.29, 1.82) is 0 Å². The fraction of sp³-hybridized carbons (Fsp3) is 0.429. The van der Waals surface area contributed by atoms with Gasteiger partial charge in [-0.3, -0.25) is 4.79 Å². The number of aromatic nitrogens is 2. The van der Waals surface area contributed by atoms with Gasteiger partial charge in [0.25, 0.3) is 5.91 Å². The zero-order valence-electron chi connectivity index (χ0n) is 11.3. The molecule has 1 aliphatic heterocycles. The third kappa shape index (κ3) is 1.90. The molecule has 19 heavy (non-hydrogen) atoms. The summed E-state index contributed by atoms with van der Waals surface area (Å²) in [6.07, 6.45) is 1.43. The Hall–Kier alpha value is -1.88. The Balaban J connectivity index is 1.98. The lowest BCUT2D eigenvalue weighted by Crippen LogP contribution is -2.47. The minimum Gasteiger partial charge on any atom is -0.356 e. The molecule has 1 aromatic carbocycles. The van der Waals surface area contributed by atoms with Crippen LogP contribution >= 0.6 is 0 Å². The second-order valence-corrected chi connectivity index (χ2v) is 5.53. The number of nitrogens with one attached hydrogen (secondary N) is 1. The van der Waals surface area contributed by atoms with E-state index in [0.717, 1.165) is 11.0 Å². The van der Waals surface area contributed by atoms with E-state index < -0.39 is 0 Å². The quantitative estimate of drug-likeness (QED) is 0.853. The number of hydrogen-bond donors (Lipinski definition) is 1. The Morgan fingerprint density at radius 1 is 1.53 bits per heavy atom. The van der Waals surface area contributed by atoms with E-state index in [0.29, 0.717) is 12.2 Å². The van der Waals surface area contributed by atoms with E-state index in [-0.39, 0.29) is 17.7 Å². The summed E-state index contributed by atoms with van der Waals surface area (Å²) < 4.78 is 5.58. The molecule has 1 amide bonds. The Labute approximate surface area is 111 Å². The number of carbonyl (C=O) groups excluding carboxylic acids is 1. The van der Waals surface area contributed by atoms with Crippen LogP contribution in [0.2, 0.25) is 0 Å². The molecule has 0 spiro atoms. The molecule has 2 heterocycles. The number of fused-ring (bicyclic) bond motifs is 1. The van der Waals surface area contributed by atoms with Crippen molar-refractivity contribution >= 4 is 16.9 Å². The van der Waals surface area contributed by atoms with E-state index >= 15 is 0 Å². The summed E-state index contributed by atoms with van der Waals surface area (Å²) in [7, 11) is 0. The summed E-state index contributed by atoms with van der Waals surface area (Å²) in [5.74, 6) is -0.00787. The molecule has 0 aliphatic carbocycles. The van der Waals surface area contributed by atoms with E-state index in [9.17, 15) is 4.79 Å². The molecule has 1 aromatic heterocycles. The number of amides is 1. The molecule has 3 rings (SSSR count). The summed E-state index contributed by atoms with van der Waals surface area (Å²) in [5, 5.41) is 0. The van der Waals surface area contributed by atoms with E-state index in [1.807, 2.05) is 39.0 Å². The minimum atomic E-state index is -0.278. The van der Waals surface area contributed by atoms with E-state index in [4.69, 9.17) is 4.74 Å². The van der Waals surface area contributed by atoms with Gasteiger partial charge in [0.2, 0.25) is 0 Å². The van der Waals surface area contributed by atoms with Crippen LogP contribution < -0.4 is 0 Å². The molecule has 1 fully saturated rings. The number of ether oxygens (including phenoxy) is 1. The van der Waals surface area contributed by atoms with Gasteiger partial charge in [0.05, 0.1) is 29.5 Å². The van der Waals surface area contributed by atoms with E-state index in [1.54, 1.807) is 11.2 Å². The van der Waals surface area contributed by atoms with Gasteiger partial charge in [0, 0.05) is 5.56 Å². The highest BCUT2D eigenvalue weighted by Crippen LogP contribution is 2.29. The van der Waals surface area contributed by atoms with Gasteiger partial charge in [-0.05, 0) is 39.0 Å². The number of rotatable bonds is 1. The molecule has 0 bridgehead atoms. The highest BCUT2D eigenvalue weighted by molar-refractivity contribution is 5.98. The first-order valence-electron chi connectivity index (χ1n) is 6.37. The molecule has 0 saturated carbocycles. The number of imidazole rings is 1. The van der Waals surface area contributed by atoms with Crippen LogP contribution in [0.3, 0.4) is 0 Å². The Morgan fingerprint density at radius 3 is 3.00 bits per heavy atom. The molecular weight excluding hydrogens is 242 g/mol. The molecule has 5 nitrogen and oxygen atoms in total. The highest BCUT2D eigenvalue weighted by atomic mass is 16.5. The van der Waals surface area contributed by atoms with Crippen molar-refractivity contribution < 1.29 is 9.53 Å². The molecule has 1 aliphatic rings. The fourth-order valence-corrected chi connectivity index (χ4v) is 2.61. The third-order valence-electron chi connectivity index (χ3n) is 3.58. The smallest absolute Gasteiger partial charge is 0.256 e. The first-order valence-corrected chi connectivity index (χ1v) is 6.37. The van der Waals surface area contributed by atoms with Crippen molar-refractivity contribution in [2.75, 3.05) is 6.61 Å². The monoisotopic (exact) mass is 259 g/mol. The van der Waals surface area contributed by atoms with Crippen LogP contribution in [-0.4, -0.2) is 39.1 Å². The Morgan fingerprint density at radius 2 is 2.32 bits per heavy atom. The van der Waals surface area contributed by atoms with Crippen LogP contribution in [0.15, 0.2) is 24.5 Å². The zero-order chi connectivity index (χ0) is 13.6. The molecule has 1 saturated heterocycles. The number of nitrogens with zero attached hydrogens (tertiary/aromatic N) is 2. The van der Waals surface area contributed by atoms with Gasteiger partial charge in [-0.1, -0.05) is 0 Å². The Kier molecular flexibility index (Phi) is 2.60. The maximum absolute atomic E-state index is 12.7. The van der Waals surface area contributed by atoms with Crippen LogP contribution in [0.5, 0.6) is 0 Å². The first-order chi connectivity index (χ1) is 8.99. The predicted molar refractivity (Wildman–Crippen MR) is 71.8 cm³/mol. The predicted octanol–water partition coefficient (Wildman–Crippen LogP) is 2.16. The summed E-state index contributed by atoms with van der Waals surface area (Å²) >= 11 is 0. The van der Waals surface area contributed by atoms with Gasteiger partial charge < -0.3 is 14.6 Å². The average molecular weight is 259 g/mol. The van der Waals surface area contributed by atoms with Crippen LogP contribution in [0.1, 0.15) is 31.1 Å². The molecule has 2 aromatic rings. The molecule has 5 heteroatoms. The van der Waals surface area contributed by atoms with Crippen molar-refractivity contribution in [3.63, 3.8) is 0 Å². The lowest BCUT2D eigenvalue weighted by atomic mass is 10.0. The van der Waals surface area contributed by atoms with Crippen LogP contribution in [0, 0.1) is 0 Å². The topological polar surface area (TPSA) is 58.2 Å². The Bertz CT molecular complexity index is 632. The van der Waals surface area contributed by atoms with Gasteiger partial charge >= 0.3 is 0 Å². The van der Waals surface area contributed by atoms with Gasteiger partial charge in [0.1, 0.15) is 6.23 Å². The molecule has 100 valence electrons. The molecule has 0 radical (unpaired) electrons. The number of benzene rings is 1. The number of H-pyrrole nitrogens is 1. The van der Waals surface area contributed by atoms with Crippen molar-refractivity contribution in [3.05, 3.63) is 30.1 Å². The summed E-state index contributed by atoms with van der Waals surface area (Å²) in [4.78, 5) is 21.6. The lowest BCUT2D eigenvalue weighted by Gasteiger charge is -2.32. The fourth-order valence-electron chi connectivity index (χ4n) is 2.61. The summed E-state index contributed by atoms with van der Waals surface area (Å²) in [5.41, 5.74) is 2.11. The maximum atomic E-state index is 12.7.